The molecule has 1 rings (SSSR count). The number of benzene rings is 1. The SMILES string of the molecule is CC(C)(C)C(=O)[O-].N#Cc1cc[c-]cc1.[Zn+2]. The van der Waals surface area contributed by atoms with Crippen LogP contribution in [0, 0.1) is 22.8 Å². The Balaban J connectivity index is 0. The molecule has 0 aliphatic heterocycles. The largest absolute Gasteiger partial charge is 2.00 e. The molecule has 0 atom stereocenters. The van der Waals surface area contributed by atoms with E-state index in [1.807, 2.05) is 6.07 Å². The maximum Gasteiger partial charge on any atom is 2.00 e. The summed E-state index contributed by atoms with van der Waals surface area (Å²) in [6.45, 7) is 4.80. The molecule has 0 saturated carbocycles. The molecule has 0 aliphatic rings. The molecule has 0 heterocycles. The number of aliphatic carboxylic acids is 1. The monoisotopic (exact) mass is 267 g/mol. The van der Waals surface area contributed by atoms with Crippen molar-refractivity contribution < 1.29 is 29.4 Å². The van der Waals surface area contributed by atoms with E-state index in [2.05, 4.69) is 6.07 Å². The fraction of sp³-hybridized carbons (Fsp3) is 0.333. The van der Waals surface area contributed by atoms with E-state index in [9.17, 15) is 9.90 Å². The minimum absolute atomic E-state index is 0. The van der Waals surface area contributed by atoms with E-state index in [1.165, 1.54) is 0 Å². The van der Waals surface area contributed by atoms with Crippen molar-refractivity contribution in [1.82, 2.24) is 0 Å². The molecule has 0 N–H and O–H groups in total. The number of carbonyl (C=O) groups is 1. The van der Waals surface area contributed by atoms with Crippen molar-refractivity contribution in [3.8, 4) is 6.07 Å². The molecule has 16 heavy (non-hydrogen) atoms. The van der Waals surface area contributed by atoms with Crippen LogP contribution in [0.4, 0.5) is 0 Å². The van der Waals surface area contributed by atoms with E-state index in [-0.39, 0.29) is 19.5 Å². The Labute approximate surface area is 109 Å². The van der Waals surface area contributed by atoms with E-state index in [0.29, 0.717) is 5.56 Å². The third-order valence-electron chi connectivity index (χ3n) is 1.46. The third-order valence-corrected chi connectivity index (χ3v) is 1.46. The van der Waals surface area contributed by atoms with Gasteiger partial charge in [-0.25, -0.2) is 0 Å². The number of carboxylic acid groups (broad SMARTS) is 1. The summed E-state index contributed by atoms with van der Waals surface area (Å²) in [7, 11) is 0. The van der Waals surface area contributed by atoms with Crippen molar-refractivity contribution in [3.63, 3.8) is 0 Å². The van der Waals surface area contributed by atoms with Gasteiger partial charge in [-0.3, -0.25) is 0 Å². The van der Waals surface area contributed by atoms with E-state index < -0.39 is 11.4 Å². The van der Waals surface area contributed by atoms with Crippen LogP contribution >= 0.6 is 0 Å². The first kappa shape index (κ1) is 17.2. The summed E-state index contributed by atoms with van der Waals surface area (Å²) in [5, 5.41) is 18.2. The Morgan fingerprint density at radius 2 is 1.75 bits per heavy atom. The second-order valence-electron chi connectivity index (χ2n) is 3.94. The topological polar surface area (TPSA) is 63.9 Å². The van der Waals surface area contributed by atoms with Gasteiger partial charge in [0.25, 0.3) is 0 Å². The van der Waals surface area contributed by atoms with E-state index in [0.717, 1.165) is 0 Å². The molecule has 3 nitrogen and oxygen atoms in total. The van der Waals surface area contributed by atoms with E-state index >= 15 is 0 Å². The average molecular weight is 269 g/mol. The van der Waals surface area contributed by atoms with Crippen LogP contribution in [0.2, 0.25) is 0 Å². The van der Waals surface area contributed by atoms with Crippen LogP contribution in [-0.2, 0) is 24.3 Å². The molecule has 0 aromatic heterocycles. The quantitative estimate of drug-likeness (QED) is 0.523. The Morgan fingerprint density at radius 1 is 1.38 bits per heavy atom. The van der Waals surface area contributed by atoms with Crippen LogP contribution in [-0.4, -0.2) is 5.97 Å². The Kier molecular flexibility index (Phi) is 8.62. The van der Waals surface area contributed by atoms with Crippen molar-refractivity contribution in [1.29, 1.82) is 5.26 Å². The van der Waals surface area contributed by atoms with Crippen LogP contribution in [0.3, 0.4) is 0 Å². The number of rotatable bonds is 0. The predicted molar refractivity (Wildman–Crippen MR) is 54.5 cm³/mol. The standard InChI is InChI=1S/C7H4N.C5H10O2.Zn/c8-6-7-4-2-1-3-5-7;1-5(2,3)4(6)7;/h2-5H;1-3H3,(H,6,7);/q-1;;+2/p-1. The zero-order valence-corrected chi connectivity index (χ0v) is 12.7. The number of carbonyl (C=O) groups excluding carboxylic acids is 1. The van der Waals surface area contributed by atoms with Crippen LogP contribution in [0.15, 0.2) is 24.3 Å². The molecular weight excluding hydrogens is 256 g/mol. The number of nitrogens with zero attached hydrogens (tertiary/aromatic N) is 1. The van der Waals surface area contributed by atoms with E-state index in [4.69, 9.17) is 5.26 Å². The molecule has 1 aromatic carbocycles. The van der Waals surface area contributed by atoms with Crippen LogP contribution < -0.4 is 5.11 Å². The fourth-order valence-electron chi connectivity index (χ4n) is 0.461. The molecule has 80 valence electrons. The smallest absolute Gasteiger partial charge is 0.550 e. The first-order valence-electron chi connectivity index (χ1n) is 4.45. The number of carboxylic acids is 1. The van der Waals surface area contributed by atoms with Gasteiger partial charge in [-0.15, -0.1) is 0 Å². The number of hydrogen-bond donors (Lipinski definition) is 0. The average Bonchev–Trinajstić information content (AvgIpc) is 2.18. The summed E-state index contributed by atoms with van der Waals surface area (Å²) in [5.41, 5.74) is -0.0104. The molecule has 0 unspecified atom stereocenters. The summed E-state index contributed by atoms with van der Waals surface area (Å²) in [6, 6.07) is 11.7. The van der Waals surface area contributed by atoms with Crippen molar-refractivity contribution in [2.24, 2.45) is 5.41 Å². The van der Waals surface area contributed by atoms with Gasteiger partial charge in [0, 0.05) is 11.4 Å². The van der Waals surface area contributed by atoms with Crippen LogP contribution in [0.5, 0.6) is 0 Å². The Hall–Kier alpha value is -1.20. The summed E-state index contributed by atoms with van der Waals surface area (Å²) in [6.07, 6.45) is 0. The van der Waals surface area contributed by atoms with Gasteiger partial charge in [-0.05, 0) is 0 Å². The Morgan fingerprint density at radius 3 is 1.94 bits per heavy atom. The predicted octanol–water partition coefficient (Wildman–Crippen LogP) is 1.14. The van der Waals surface area contributed by atoms with Gasteiger partial charge >= 0.3 is 19.5 Å². The molecule has 0 bridgehead atoms. The minimum Gasteiger partial charge on any atom is -0.550 e. The maximum absolute atomic E-state index is 9.91. The third kappa shape index (κ3) is 8.14. The van der Waals surface area contributed by atoms with Gasteiger partial charge in [-0.2, -0.15) is 35.6 Å². The zero-order chi connectivity index (χ0) is 11.9. The molecule has 0 spiro atoms. The van der Waals surface area contributed by atoms with Crippen LogP contribution in [0.1, 0.15) is 26.3 Å². The van der Waals surface area contributed by atoms with Gasteiger partial charge < -0.3 is 9.90 Å². The second-order valence-corrected chi connectivity index (χ2v) is 3.94. The zero-order valence-electron chi connectivity index (χ0n) is 9.78. The molecule has 0 amide bonds. The van der Waals surface area contributed by atoms with Gasteiger partial charge in [0.2, 0.25) is 0 Å². The van der Waals surface area contributed by atoms with Gasteiger partial charge in [0.1, 0.15) is 0 Å². The number of nitriles is 1. The summed E-state index contributed by atoms with van der Waals surface area (Å²) >= 11 is 0. The first-order valence-corrected chi connectivity index (χ1v) is 4.45. The molecule has 0 aliphatic carbocycles. The van der Waals surface area contributed by atoms with Crippen molar-refractivity contribution in [2.45, 2.75) is 20.8 Å². The van der Waals surface area contributed by atoms with Gasteiger partial charge in [-0.1, -0.05) is 26.3 Å². The normalized spacial score (nSPS) is 8.88. The maximum atomic E-state index is 9.91. The number of hydrogen-bond acceptors (Lipinski definition) is 3. The molecule has 0 radical (unpaired) electrons. The first-order chi connectivity index (χ1) is 6.88. The van der Waals surface area contributed by atoms with Crippen molar-refractivity contribution in [3.05, 3.63) is 35.9 Å². The van der Waals surface area contributed by atoms with Crippen molar-refractivity contribution >= 4 is 5.97 Å². The second kappa shape index (κ2) is 8.01. The summed E-state index contributed by atoms with van der Waals surface area (Å²) in [4.78, 5) is 9.91. The summed E-state index contributed by atoms with van der Waals surface area (Å²) in [5.74, 6) is -1.01. The van der Waals surface area contributed by atoms with Crippen molar-refractivity contribution in [2.75, 3.05) is 0 Å². The minimum atomic E-state index is -1.01. The van der Waals surface area contributed by atoms with Gasteiger partial charge in [0.05, 0.1) is 6.07 Å². The van der Waals surface area contributed by atoms with Crippen LogP contribution in [0.25, 0.3) is 0 Å². The Bertz CT molecular complexity index is 350. The van der Waals surface area contributed by atoms with E-state index in [1.54, 1.807) is 45.0 Å². The molecular formula is C12H13NO2Zn. The fourth-order valence-corrected chi connectivity index (χ4v) is 0.461. The molecule has 0 saturated heterocycles. The molecule has 1 aromatic rings. The van der Waals surface area contributed by atoms with Gasteiger partial charge in [0.15, 0.2) is 0 Å². The molecule has 4 heteroatoms. The molecule has 0 fully saturated rings. The summed E-state index contributed by atoms with van der Waals surface area (Å²) < 4.78 is 0.